The van der Waals surface area contributed by atoms with Crippen molar-refractivity contribution in [2.45, 2.75) is 25.8 Å². The first-order valence-corrected chi connectivity index (χ1v) is 5.48. The largest absolute Gasteiger partial charge is 0.481 e. The Morgan fingerprint density at radius 3 is 2.81 bits per heavy atom. The monoisotopic (exact) mass is 230 g/mol. The van der Waals surface area contributed by atoms with Crippen molar-refractivity contribution in [1.29, 1.82) is 0 Å². The lowest BCUT2D eigenvalue weighted by atomic mass is 10.3. The highest BCUT2D eigenvalue weighted by Crippen LogP contribution is 2.04. The van der Waals surface area contributed by atoms with Crippen LogP contribution in [-0.4, -0.2) is 54.4 Å². The number of carbonyl (C=O) groups is 2. The van der Waals surface area contributed by atoms with E-state index in [-0.39, 0.29) is 25.0 Å². The van der Waals surface area contributed by atoms with E-state index in [9.17, 15) is 9.59 Å². The molecule has 0 aromatic heterocycles. The van der Waals surface area contributed by atoms with E-state index in [0.717, 1.165) is 6.42 Å². The second-order valence-electron chi connectivity index (χ2n) is 3.73. The Bertz CT molecular complexity index is 251. The van der Waals surface area contributed by atoms with Gasteiger partial charge >= 0.3 is 12.0 Å². The predicted molar refractivity (Wildman–Crippen MR) is 57.3 cm³/mol. The normalized spacial score (nSPS) is 19.4. The minimum atomic E-state index is -0.893. The molecule has 1 atom stereocenters. The van der Waals surface area contributed by atoms with Crippen molar-refractivity contribution in [1.82, 2.24) is 10.2 Å². The van der Waals surface area contributed by atoms with Gasteiger partial charge in [-0.1, -0.05) is 0 Å². The van der Waals surface area contributed by atoms with E-state index in [1.807, 2.05) is 6.92 Å². The summed E-state index contributed by atoms with van der Waals surface area (Å²) in [6.07, 6.45) is 0.796. The van der Waals surface area contributed by atoms with Gasteiger partial charge in [0.25, 0.3) is 0 Å². The van der Waals surface area contributed by atoms with Crippen LogP contribution in [0.4, 0.5) is 4.79 Å². The fraction of sp³-hybridized carbons (Fsp3) is 0.800. The third kappa shape index (κ3) is 4.06. The molecule has 1 aliphatic heterocycles. The molecule has 6 nitrogen and oxygen atoms in total. The number of hydrogen-bond acceptors (Lipinski definition) is 3. The van der Waals surface area contributed by atoms with Crippen LogP contribution in [0.5, 0.6) is 0 Å². The topological polar surface area (TPSA) is 78.9 Å². The van der Waals surface area contributed by atoms with E-state index < -0.39 is 5.97 Å². The molecule has 92 valence electrons. The van der Waals surface area contributed by atoms with Crippen LogP contribution >= 0.6 is 0 Å². The number of carboxylic acids is 1. The smallest absolute Gasteiger partial charge is 0.317 e. The highest BCUT2D eigenvalue weighted by molar-refractivity contribution is 5.75. The molecule has 0 aromatic rings. The Morgan fingerprint density at radius 1 is 1.56 bits per heavy atom. The summed E-state index contributed by atoms with van der Waals surface area (Å²) >= 11 is 0. The van der Waals surface area contributed by atoms with Gasteiger partial charge in [-0.15, -0.1) is 0 Å². The number of nitrogens with zero attached hydrogens (tertiary/aromatic N) is 1. The number of hydrogen-bond donors (Lipinski definition) is 2. The Kier molecular flexibility index (Phi) is 5.04. The van der Waals surface area contributed by atoms with Gasteiger partial charge < -0.3 is 20.1 Å². The van der Waals surface area contributed by atoms with Gasteiger partial charge in [0.2, 0.25) is 0 Å². The zero-order valence-corrected chi connectivity index (χ0v) is 9.44. The molecule has 0 spiro atoms. The molecule has 0 saturated carbocycles. The van der Waals surface area contributed by atoms with Gasteiger partial charge in [-0.25, -0.2) is 4.79 Å². The van der Waals surface area contributed by atoms with Crippen LogP contribution in [0.2, 0.25) is 0 Å². The number of amides is 2. The molecule has 6 heteroatoms. The Morgan fingerprint density at radius 2 is 2.31 bits per heavy atom. The Hall–Kier alpha value is -1.30. The molecule has 0 radical (unpaired) electrons. The maximum atomic E-state index is 11.7. The van der Waals surface area contributed by atoms with Crippen LogP contribution in [0.25, 0.3) is 0 Å². The van der Waals surface area contributed by atoms with Crippen LogP contribution in [-0.2, 0) is 9.53 Å². The summed E-state index contributed by atoms with van der Waals surface area (Å²) in [5.41, 5.74) is 0. The minimum absolute atomic E-state index is 0.0254. The van der Waals surface area contributed by atoms with E-state index in [0.29, 0.717) is 19.8 Å². The first-order chi connectivity index (χ1) is 7.63. The van der Waals surface area contributed by atoms with Crippen LogP contribution in [0.15, 0.2) is 0 Å². The SMILES string of the molecule is CCN(CCC(=O)O)C(=O)NC1CCOC1. The molecule has 0 bridgehead atoms. The maximum Gasteiger partial charge on any atom is 0.317 e. The molecule has 16 heavy (non-hydrogen) atoms. The van der Waals surface area contributed by atoms with Crippen molar-refractivity contribution in [3.05, 3.63) is 0 Å². The first kappa shape index (κ1) is 12.8. The standard InChI is InChI=1S/C10H18N2O4/c1-2-12(5-3-9(13)14)10(15)11-8-4-6-16-7-8/h8H,2-7H2,1H3,(H,11,15)(H,13,14). The van der Waals surface area contributed by atoms with Crippen LogP contribution in [0.3, 0.4) is 0 Å². The Balaban J connectivity index is 2.32. The first-order valence-electron chi connectivity index (χ1n) is 5.48. The van der Waals surface area contributed by atoms with Gasteiger partial charge in [-0.3, -0.25) is 4.79 Å². The third-order valence-electron chi connectivity index (χ3n) is 2.52. The van der Waals surface area contributed by atoms with Gasteiger partial charge in [-0.05, 0) is 13.3 Å². The molecular weight excluding hydrogens is 212 g/mol. The van der Waals surface area contributed by atoms with E-state index >= 15 is 0 Å². The van der Waals surface area contributed by atoms with Crippen molar-refractivity contribution in [3.8, 4) is 0 Å². The van der Waals surface area contributed by atoms with E-state index in [1.54, 1.807) is 0 Å². The highest BCUT2D eigenvalue weighted by atomic mass is 16.5. The van der Waals surface area contributed by atoms with Gasteiger partial charge in [0.15, 0.2) is 0 Å². The summed E-state index contributed by atoms with van der Waals surface area (Å²) in [5.74, 6) is -0.893. The summed E-state index contributed by atoms with van der Waals surface area (Å²) in [5, 5.41) is 11.4. The van der Waals surface area contributed by atoms with Gasteiger partial charge in [0.1, 0.15) is 0 Å². The molecule has 1 fully saturated rings. The summed E-state index contributed by atoms with van der Waals surface area (Å²) in [6, 6.07) is -0.148. The number of aliphatic carboxylic acids is 1. The third-order valence-corrected chi connectivity index (χ3v) is 2.52. The molecule has 1 aliphatic rings. The van der Waals surface area contributed by atoms with Crippen molar-refractivity contribution in [2.75, 3.05) is 26.3 Å². The van der Waals surface area contributed by atoms with Crippen LogP contribution < -0.4 is 5.32 Å². The van der Waals surface area contributed by atoms with Crippen molar-refractivity contribution < 1.29 is 19.4 Å². The quantitative estimate of drug-likeness (QED) is 0.711. The second-order valence-corrected chi connectivity index (χ2v) is 3.73. The molecule has 2 N–H and O–H groups in total. The number of rotatable bonds is 5. The zero-order chi connectivity index (χ0) is 12.0. The highest BCUT2D eigenvalue weighted by Gasteiger charge is 2.20. The van der Waals surface area contributed by atoms with Gasteiger partial charge in [-0.2, -0.15) is 0 Å². The molecule has 1 unspecified atom stereocenters. The number of urea groups is 1. The maximum absolute atomic E-state index is 11.7. The lowest BCUT2D eigenvalue weighted by Gasteiger charge is -2.22. The van der Waals surface area contributed by atoms with Gasteiger partial charge in [0.05, 0.1) is 19.1 Å². The number of carboxylic acid groups (broad SMARTS) is 1. The Labute approximate surface area is 94.6 Å². The number of carbonyl (C=O) groups excluding carboxylic acids is 1. The molecule has 0 aliphatic carbocycles. The average molecular weight is 230 g/mol. The van der Waals surface area contributed by atoms with Crippen molar-refractivity contribution >= 4 is 12.0 Å². The second kappa shape index (κ2) is 6.32. The van der Waals surface area contributed by atoms with Crippen molar-refractivity contribution in [2.24, 2.45) is 0 Å². The van der Waals surface area contributed by atoms with E-state index in [1.165, 1.54) is 4.90 Å². The van der Waals surface area contributed by atoms with Crippen molar-refractivity contribution in [3.63, 3.8) is 0 Å². The zero-order valence-electron chi connectivity index (χ0n) is 9.44. The lowest BCUT2D eigenvalue weighted by Crippen LogP contribution is -2.45. The lowest BCUT2D eigenvalue weighted by molar-refractivity contribution is -0.137. The van der Waals surface area contributed by atoms with Crippen LogP contribution in [0, 0.1) is 0 Å². The molecule has 2 amide bonds. The fourth-order valence-electron chi connectivity index (χ4n) is 1.55. The molecule has 1 rings (SSSR count). The average Bonchev–Trinajstić information content (AvgIpc) is 2.71. The summed E-state index contributed by atoms with van der Waals surface area (Å²) < 4.78 is 5.14. The molecule has 0 aromatic carbocycles. The fourth-order valence-corrected chi connectivity index (χ4v) is 1.55. The minimum Gasteiger partial charge on any atom is -0.481 e. The van der Waals surface area contributed by atoms with E-state index in [4.69, 9.17) is 9.84 Å². The number of nitrogens with one attached hydrogen (secondary N) is 1. The summed E-state index contributed by atoms with van der Waals surface area (Å²) in [6.45, 7) is 3.79. The summed E-state index contributed by atoms with van der Waals surface area (Å²) in [7, 11) is 0. The molecular formula is C10H18N2O4. The predicted octanol–water partition coefficient (Wildman–Crippen LogP) is 0.281. The number of ether oxygens (including phenoxy) is 1. The van der Waals surface area contributed by atoms with Crippen LogP contribution in [0.1, 0.15) is 19.8 Å². The van der Waals surface area contributed by atoms with Gasteiger partial charge in [0, 0.05) is 19.7 Å². The molecule has 1 heterocycles. The molecule has 1 saturated heterocycles. The van der Waals surface area contributed by atoms with E-state index in [2.05, 4.69) is 5.32 Å². The summed E-state index contributed by atoms with van der Waals surface area (Å²) in [4.78, 5) is 23.6.